The molecule has 20 heavy (non-hydrogen) atoms. The highest BCUT2D eigenvalue weighted by Crippen LogP contribution is 2.33. The maximum absolute atomic E-state index is 9.71. The molecule has 1 aliphatic rings. The zero-order valence-corrected chi connectivity index (χ0v) is 13.3. The molecule has 3 atom stereocenters. The van der Waals surface area contributed by atoms with Crippen LogP contribution in [0.4, 0.5) is 4.79 Å². The molecular weight excluding hydrogens is 260 g/mol. The summed E-state index contributed by atoms with van der Waals surface area (Å²) in [7, 11) is 0. The molecule has 0 aromatic heterocycles. The molecule has 0 amide bonds. The van der Waals surface area contributed by atoms with Gasteiger partial charge in [-0.15, -0.1) is 0 Å². The van der Waals surface area contributed by atoms with Crippen molar-refractivity contribution in [3.63, 3.8) is 0 Å². The molecule has 3 N–H and O–H groups in total. The minimum absolute atomic E-state index is 0.0289. The molecule has 0 bridgehead atoms. The summed E-state index contributed by atoms with van der Waals surface area (Å²) in [6.07, 6.45) is 2.15. The topological polar surface area (TPSA) is 87.0 Å². The summed E-state index contributed by atoms with van der Waals surface area (Å²) in [5.41, 5.74) is -1.07. The van der Waals surface area contributed by atoms with Crippen LogP contribution in [-0.2, 0) is 4.74 Å². The number of carboxylic acid groups (broad SMARTS) is 1. The monoisotopic (exact) mass is 290 g/mol. The van der Waals surface area contributed by atoms with E-state index >= 15 is 0 Å². The third kappa shape index (κ3) is 9.15. The SMILES string of the molecule is CC(C)(O)COC(=O)O.CC1CCC(C(C)C)C(O)C1. The van der Waals surface area contributed by atoms with Crippen LogP contribution >= 0.6 is 0 Å². The lowest BCUT2D eigenvalue weighted by atomic mass is 9.75. The molecule has 0 saturated heterocycles. The summed E-state index contributed by atoms with van der Waals surface area (Å²) < 4.78 is 4.07. The summed E-state index contributed by atoms with van der Waals surface area (Å²) in [6.45, 7) is 9.40. The molecule has 1 rings (SSSR count). The Kier molecular flexibility index (Phi) is 8.13. The molecule has 0 heterocycles. The highest BCUT2D eigenvalue weighted by molar-refractivity contribution is 5.56. The molecule has 5 heteroatoms. The molecular formula is C15H30O5. The van der Waals surface area contributed by atoms with Crippen molar-refractivity contribution in [1.29, 1.82) is 0 Å². The van der Waals surface area contributed by atoms with E-state index in [4.69, 9.17) is 10.2 Å². The van der Waals surface area contributed by atoms with Crippen molar-refractivity contribution in [1.82, 2.24) is 0 Å². The predicted octanol–water partition coefficient (Wildman–Crippen LogP) is 2.89. The van der Waals surface area contributed by atoms with Gasteiger partial charge in [-0.25, -0.2) is 4.79 Å². The number of hydrogen-bond donors (Lipinski definition) is 3. The van der Waals surface area contributed by atoms with Gasteiger partial charge in [-0.1, -0.05) is 27.2 Å². The van der Waals surface area contributed by atoms with E-state index in [1.165, 1.54) is 26.7 Å². The van der Waals surface area contributed by atoms with Crippen molar-refractivity contribution in [3.05, 3.63) is 0 Å². The molecule has 0 aromatic carbocycles. The van der Waals surface area contributed by atoms with Gasteiger partial charge in [0.15, 0.2) is 0 Å². The molecule has 5 nitrogen and oxygen atoms in total. The van der Waals surface area contributed by atoms with E-state index in [0.717, 1.165) is 12.3 Å². The van der Waals surface area contributed by atoms with Gasteiger partial charge in [0.25, 0.3) is 0 Å². The molecule has 120 valence electrons. The van der Waals surface area contributed by atoms with Crippen LogP contribution in [-0.4, -0.2) is 39.8 Å². The fourth-order valence-corrected chi connectivity index (χ4v) is 2.39. The maximum Gasteiger partial charge on any atom is 0.505 e. The molecule has 1 fully saturated rings. The van der Waals surface area contributed by atoms with Gasteiger partial charge in [0.05, 0.1) is 11.7 Å². The van der Waals surface area contributed by atoms with Crippen molar-refractivity contribution in [2.45, 2.75) is 65.6 Å². The first-order valence-electron chi connectivity index (χ1n) is 7.29. The predicted molar refractivity (Wildman–Crippen MR) is 77.6 cm³/mol. The zero-order valence-electron chi connectivity index (χ0n) is 13.3. The summed E-state index contributed by atoms with van der Waals surface area (Å²) in [6, 6.07) is 0. The third-order valence-corrected chi connectivity index (χ3v) is 3.54. The average Bonchev–Trinajstić information content (AvgIpc) is 2.25. The maximum atomic E-state index is 9.71. The van der Waals surface area contributed by atoms with E-state index in [9.17, 15) is 9.90 Å². The minimum atomic E-state index is -1.36. The third-order valence-electron chi connectivity index (χ3n) is 3.54. The van der Waals surface area contributed by atoms with Gasteiger partial charge in [-0.05, 0) is 44.4 Å². The first-order valence-corrected chi connectivity index (χ1v) is 7.29. The van der Waals surface area contributed by atoms with Gasteiger partial charge in [0, 0.05) is 0 Å². The Morgan fingerprint density at radius 1 is 1.35 bits per heavy atom. The van der Waals surface area contributed by atoms with Crippen molar-refractivity contribution < 1.29 is 24.9 Å². The molecule has 0 spiro atoms. The minimum Gasteiger partial charge on any atom is -0.450 e. The van der Waals surface area contributed by atoms with Crippen molar-refractivity contribution in [3.8, 4) is 0 Å². The van der Waals surface area contributed by atoms with Crippen molar-refractivity contribution >= 4 is 6.16 Å². The molecule has 1 aliphatic carbocycles. The van der Waals surface area contributed by atoms with Crippen LogP contribution in [0.15, 0.2) is 0 Å². The smallest absolute Gasteiger partial charge is 0.450 e. The summed E-state index contributed by atoms with van der Waals surface area (Å²) in [4.78, 5) is 9.71. The highest BCUT2D eigenvalue weighted by atomic mass is 16.7. The largest absolute Gasteiger partial charge is 0.505 e. The average molecular weight is 290 g/mol. The Balaban J connectivity index is 0.000000370. The highest BCUT2D eigenvalue weighted by Gasteiger charge is 2.28. The Morgan fingerprint density at radius 2 is 1.90 bits per heavy atom. The van der Waals surface area contributed by atoms with Gasteiger partial charge in [-0.2, -0.15) is 0 Å². The van der Waals surface area contributed by atoms with Crippen LogP contribution in [0, 0.1) is 17.8 Å². The molecule has 0 aromatic rings. The van der Waals surface area contributed by atoms with Crippen molar-refractivity contribution in [2.24, 2.45) is 17.8 Å². The summed E-state index contributed by atoms with van der Waals surface area (Å²) >= 11 is 0. The van der Waals surface area contributed by atoms with E-state index in [1.54, 1.807) is 0 Å². The zero-order chi connectivity index (χ0) is 15.9. The first-order chi connectivity index (χ1) is 9.03. The van der Waals surface area contributed by atoms with E-state index < -0.39 is 11.8 Å². The second kappa shape index (κ2) is 8.47. The van der Waals surface area contributed by atoms with Crippen LogP contribution in [0.3, 0.4) is 0 Å². The van der Waals surface area contributed by atoms with Crippen LogP contribution < -0.4 is 0 Å². The number of rotatable bonds is 3. The van der Waals surface area contributed by atoms with Crippen molar-refractivity contribution in [2.75, 3.05) is 6.61 Å². The molecule has 3 unspecified atom stereocenters. The van der Waals surface area contributed by atoms with E-state index in [-0.39, 0.29) is 12.7 Å². The van der Waals surface area contributed by atoms with Gasteiger partial charge < -0.3 is 20.1 Å². The van der Waals surface area contributed by atoms with Gasteiger partial charge >= 0.3 is 6.16 Å². The molecule has 1 saturated carbocycles. The Bertz CT molecular complexity index is 282. The van der Waals surface area contributed by atoms with E-state index in [1.807, 2.05) is 0 Å². The van der Waals surface area contributed by atoms with Gasteiger partial charge in [0.1, 0.15) is 6.61 Å². The van der Waals surface area contributed by atoms with Gasteiger partial charge in [0.2, 0.25) is 0 Å². The quantitative estimate of drug-likeness (QED) is 0.696. The number of ether oxygens (including phenoxy) is 1. The normalized spacial score (nSPS) is 26.7. The van der Waals surface area contributed by atoms with Crippen LogP contribution in [0.25, 0.3) is 0 Å². The Labute approximate surface area is 122 Å². The lowest BCUT2D eigenvalue weighted by Gasteiger charge is -2.33. The standard InChI is InChI=1S/C10H20O.C5H10O4/c1-7(2)9-5-4-8(3)6-10(9)11;1-5(2,8)3-9-4(6)7/h7-11H,4-6H2,1-3H3;8H,3H2,1-2H3,(H,6,7). The number of carbonyl (C=O) groups is 1. The van der Waals surface area contributed by atoms with Crippen LogP contribution in [0.5, 0.6) is 0 Å². The lowest BCUT2D eigenvalue weighted by Crippen LogP contribution is -2.31. The number of aliphatic hydroxyl groups is 2. The number of aliphatic hydroxyl groups excluding tert-OH is 1. The fraction of sp³-hybridized carbons (Fsp3) is 0.933. The second-order valence-electron chi connectivity index (χ2n) is 6.76. The number of hydrogen-bond acceptors (Lipinski definition) is 4. The van der Waals surface area contributed by atoms with Crippen LogP contribution in [0.2, 0.25) is 0 Å². The fourth-order valence-electron chi connectivity index (χ4n) is 2.39. The summed E-state index contributed by atoms with van der Waals surface area (Å²) in [5, 5.41) is 26.5. The van der Waals surface area contributed by atoms with E-state index in [0.29, 0.717) is 11.8 Å². The summed E-state index contributed by atoms with van der Waals surface area (Å²) in [5.74, 6) is 1.95. The Morgan fingerprint density at radius 3 is 2.20 bits per heavy atom. The first kappa shape index (κ1) is 19.2. The molecule has 0 aliphatic heterocycles. The lowest BCUT2D eigenvalue weighted by molar-refractivity contribution is -0.00894. The van der Waals surface area contributed by atoms with Gasteiger partial charge in [-0.3, -0.25) is 0 Å². The second-order valence-corrected chi connectivity index (χ2v) is 6.76. The molecule has 0 radical (unpaired) electrons. The van der Waals surface area contributed by atoms with E-state index in [2.05, 4.69) is 25.5 Å². The van der Waals surface area contributed by atoms with Crippen LogP contribution in [0.1, 0.15) is 53.9 Å². The Hall–Kier alpha value is -0.810.